The molecule has 1 saturated heterocycles. The molecule has 4 nitrogen and oxygen atoms in total. The van der Waals surface area contributed by atoms with Crippen LogP contribution in [0.15, 0.2) is 18.2 Å². The number of nitrogens with zero attached hydrogens (tertiary/aromatic N) is 1. The van der Waals surface area contributed by atoms with Gasteiger partial charge in [0.25, 0.3) is 0 Å². The van der Waals surface area contributed by atoms with Crippen LogP contribution >= 0.6 is 0 Å². The Morgan fingerprint density at radius 2 is 2.19 bits per heavy atom. The molecule has 1 amide bonds. The van der Waals surface area contributed by atoms with Crippen LogP contribution in [0, 0.1) is 17.6 Å². The first-order valence-corrected chi connectivity index (χ1v) is 7.09. The van der Waals surface area contributed by atoms with Crippen LogP contribution in [0.1, 0.15) is 19.8 Å². The molecule has 116 valence electrons. The first kappa shape index (κ1) is 15.5. The van der Waals surface area contributed by atoms with E-state index in [2.05, 4.69) is 0 Å². The highest BCUT2D eigenvalue weighted by Crippen LogP contribution is 2.20. The summed E-state index contributed by atoms with van der Waals surface area (Å²) in [6.07, 6.45) is 1.50. The fraction of sp³-hybridized carbons (Fsp3) is 0.533. The van der Waals surface area contributed by atoms with Crippen LogP contribution in [-0.4, -0.2) is 37.3 Å². The van der Waals surface area contributed by atoms with E-state index in [0.717, 1.165) is 25.0 Å². The molecule has 1 atom stereocenters. The third kappa shape index (κ3) is 4.31. The molecule has 1 aliphatic heterocycles. The Morgan fingerprint density at radius 3 is 2.90 bits per heavy atom. The van der Waals surface area contributed by atoms with E-state index in [1.807, 2.05) is 0 Å². The van der Waals surface area contributed by atoms with Crippen LogP contribution in [0.25, 0.3) is 0 Å². The summed E-state index contributed by atoms with van der Waals surface area (Å²) in [5.74, 6) is -1.36. The predicted octanol–water partition coefficient (Wildman–Crippen LogP) is 3.21. The molecule has 2 rings (SSSR count). The van der Waals surface area contributed by atoms with E-state index in [1.54, 1.807) is 11.8 Å². The average Bonchev–Trinajstić information content (AvgIpc) is 2.49. The lowest BCUT2D eigenvalue weighted by molar-refractivity contribution is 0.0789. The molecule has 6 heteroatoms. The minimum atomic E-state index is -0.927. The summed E-state index contributed by atoms with van der Waals surface area (Å²) in [6.45, 7) is 3.72. The smallest absolute Gasteiger partial charge is 0.409 e. The van der Waals surface area contributed by atoms with Crippen LogP contribution in [0.4, 0.5) is 13.6 Å². The van der Waals surface area contributed by atoms with Crippen molar-refractivity contribution >= 4 is 6.09 Å². The highest BCUT2D eigenvalue weighted by Gasteiger charge is 2.24. The van der Waals surface area contributed by atoms with Gasteiger partial charge in [0.15, 0.2) is 11.6 Å². The zero-order valence-corrected chi connectivity index (χ0v) is 12.0. The summed E-state index contributed by atoms with van der Waals surface area (Å²) < 4.78 is 36.4. The lowest BCUT2D eigenvalue weighted by atomic mass is 9.99. The van der Waals surface area contributed by atoms with Crippen molar-refractivity contribution < 1.29 is 23.0 Å². The molecule has 1 heterocycles. The second kappa shape index (κ2) is 7.24. The Morgan fingerprint density at radius 1 is 1.38 bits per heavy atom. The summed E-state index contributed by atoms with van der Waals surface area (Å²) in [7, 11) is 0. The van der Waals surface area contributed by atoms with Crippen molar-refractivity contribution in [3.8, 4) is 5.75 Å². The number of rotatable bonds is 4. The van der Waals surface area contributed by atoms with Crippen LogP contribution in [0.5, 0.6) is 5.75 Å². The topological polar surface area (TPSA) is 38.8 Å². The maximum absolute atomic E-state index is 13.1. The monoisotopic (exact) mass is 299 g/mol. The molecule has 1 aromatic carbocycles. The van der Waals surface area contributed by atoms with Gasteiger partial charge in [-0.15, -0.1) is 0 Å². The Labute approximate surface area is 122 Å². The van der Waals surface area contributed by atoms with Gasteiger partial charge in [-0.25, -0.2) is 13.6 Å². The predicted molar refractivity (Wildman–Crippen MR) is 73.2 cm³/mol. The molecule has 0 saturated carbocycles. The number of hydrogen-bond acceptors (Lipinski definition) is 3. The van der Waals surface area contributed by atoms with E-state index < -0.39 is 11.6 Å². The summed E-state index contributed by atoms with van der Waals surface area (Å²) in [5, 5.41) is 0. The van der Waals surface area contributed by atoms with Crippen molar-refractivity contribution in [3.05, 3.63) is 29.8 Å². The Hall–Kier alpha value is -1.85. The van der Waals surface area contributed by atoms with Crippen LogP contribution in [0.2, 0.25) is 0 Å². The minimum absolute atomic E-state index is 0.163. The van der Waals surface area contributed by atoms with E-state index >= 15 is 0 Å². The molecule has 0 bridgehead atoms. The van der Waals surface area contributed by atoms with Gasteiger partial charge >= 0.3 is 6.09 Å². The SMILES string of the molecule is CCOC(=O)N1CCCC(COc2ccc(F)c(F)c2)C1. The average molecular weight is 299 g/mol. The molecule has 0 aliphatic carbocycles. The van der Waals surface area contributed by atoms with Crippen molar-refractivity contribution in [3.63, 3.8) is 0 Å². The molecule has 1 aliphatic rings. The third-order valence-corrected chi connectivity index (χ3v) is 3.42. The van der Waals surface area contributed by atoms with Crippen molar-refractivity contribution in [2.45, 2.75) is 19.8 Å². The van der Waals surface area contributed by atoms with Crippen LogP contribution in [-0.2, 0) is 4.74 Å². The quantitative estimate of drug-likeness (QED) is 0.857. The Kier molecular flexibility index (Phi) is 5.36. The van der Waals surface area contributed by atoms with Crippen molar-refractivity contribution in [2.75, 3.05) is 26.3 Å². The number of ether oxygens (including phenoxy) is 2. The molecular formula is C15H19F2NO3. The summed E-state index contributed by atoms with van der Waals surface area (Å²) in [5.41, 5.74) is 0. The van der Waals surface area contributed by atoms with Gasteiger partial charge in [0, 0.05) is 25.1 Å². The van der Waals surface area contributed by atoms with E-state index in [1.165, 1.54) is 6.07 Å². The molecule has 0 aromatic heterocycles. The molecule has 0 radical (unpaired) electrons. The van der Waals surface area contributed by atoms with Gasteiger partial charge in [0.2, 0.25) is 0 Å². The van der Waals surface area contributed by atoms with Crippen LogP contribution < -0.4 is 4.74 Å². The zero-order valence-electron chi connectivity index (χ0n) is 12.0. The minimum Gasteiger partial charge on any atom is -0.493 e. The standard InChI is InChI=1S/C15H19F2NO3/c1-2-20-15(19)18-7-3-4-11(9-18)10-21-12-5-6-13(16)14(17)8-12/h5-6,8,11H,2-4,7,9-10H2,1H3. The highest BCUT2D eigenvalue weighted by molar-refractivity contribution is 5.67. The molecule has 1 aromatic rings. The molecule has 0 N–H and O–H groups in total. The fourth-order valence-corrected chi connectivity index (χ4v) is 2.36. The highest BCUT2D eigenvalue weighted by atomic mass is 19.2. The van der Waals surface area contributed by atoms with Gasteiger partial charge in [0.1, 0.15) is 5.75 Å². The van der Waals surface area contributed by atoms with E-state index in [0.29, 0.717) is 32.1 Å². The Bertz CT molecular complexity index is 496. The number of likely N-dealkylation sites (tertiary alicyclic amines) is 1. The van der Waals surface area contributed by atoms with Gasteiger partial charge < -0.3 is 14.4 Å². The molecule has 21 heavy (non-hydrogen) atoms. The number of hydrogen-bond donors (Lipinski definition) is 0. The van der Waals surface area contributed by atoms with Crippen LogP contribution in [0.3, 0.4) is 0 Å². The van der Waals surface area contributed by atoms with Crippen molar-refractivity contribution in [1.29, 1.82) is 0 Å². The number of carbonyl (C=O) groups is 1. The number of carbonyl (C=O) groups excluding carboxylic acids is 1. The van der Waals surface area contributed by atoms with Gasteiger partial charge in [-0.05, 0) is 31.9 Å². The molecule has 0 spiro atoms. The number of benzene rings is 1. The number of halogens is 2. The largest absolute Gasteiger partial charge is 0.493 e. The van der Waals surface area contributed by atoms with Crippen molar-refractivity contribution in [2.24, 2.45) is 5.92 Å². The van der Waals surface area contributed by atoms with E-state index in [-0.39, 0.29) is 12.0 Å². The molecule has 1 unspecified atom stereocenters. The summed E-state index contributed by atoms with van der Waals surface area (Å²) >= 11 is 0. The van der Waals surface area contributed by atoms with Crippen molar-refractivity contribution in [1.82, 2.24) is 4.90 Å². The Balaban J connectivity index is 1.85. The van der Waals surface area contributed by atoms with Gasteiger partial charge in [-0.1, -0.05) is 0 Å². The maximum atomic E-state index is 13.1. The lowest BCUT2D eigenvalue weighted by Gasteiger charge is -2.31. The van der Waals surface area contributed by atoms with E-state index in [9.17, 15) is 13.6 Å². The first-order chi connectivity index (χ1) is 10.1. The molecular weight excluding hydrogens is 280 g/mol. The summed E-state index contributed by atoms with van der Waals surface area (Å²) in [4.78, 5) is 13.3. The zero-order chi connectivity index (χ0) is 15.2. The number of amides is 1. The lowest BCUT2D eigenvalue weighted by Crippen LogP contribution is -2.41. The molecule has 1 fully saturated rings. The fourth-order valence-electron chi connectivity index (χ4n) is 2.36. The number of piperidine rings is 1. The maximum Gasteiger partial charge on any atom is 0.409 e. The third-order valence-electron chi connectivity index (χ3n) is 3.42. The second-order valence-electron chi connectivity index (χ2n) is 5.04. The second-order valence-corrected chi connectivity index (χ2v) is 5.04. The van der Waals surface area contributed by atoms with Gasteiger partial charge in [-0.3, -0.25) is 0 Å². The first-order valence-electron chi connectivity index (χ1n) is 7.09. The van der Waals surface area contributed by atoms with Gasteiger partial charge in [0.05, 0.1) is 13.2 Å². The van der Waals surface area contributed by atoms with E-state index in [4.69, 9.17) is 9.47 Å². The van der Waals surface area contributed by atoms with Gasteiger partial charge in [-0.2, -0.15) is 0 Å². The summed E-state index contributed by atoms with van der Waals surface area (Å²) in [6, 6.07) is 3.46. The normalized spacial score (nSPS) is 18.4.